The van der Waals surface area contributed by atoms with Crippen molar-refractivity contribution in [3.63, 3.8) is 0 Å². The van der Waals surface area contributed by atoms with Crippen molar-refractivity contribution in [3.8, 4) is 0 Å². The molecule has 2 rings (SSSR count). The number of thiocarbonyl (C=S) groups is 1. The average molecular weight is 302 g/mol. The zero-order chi connectivity index (χ0) is 14.0. The average Bonchev–Trinajstić information content (AvgIpc) is 2.33. The first-order valence-electron chi connectivity index (χ1n) is 5.96. The van der Waals surface area contributed by atoms with Gasteiger partial charge in [0, 0.05) is 24.2 Å². The number of nitrogens with zero attached hydrogens (tertiary/aromatic N) is 1. The van der Waals surface area contributed by atoms with Crippen LogP contribution in [0.5, 0.6) is 0 Å². The molecule has 0 radical (unpaired) electrons. The number of hydrogen-bond acceptors (Lipinski definition) is 3. The van der Waals surface area contributed by atoms with Crippen LogP contribution in [0.15, 0.2) is 18.2 Å². The smallest absolute Gasteiger partial charge is 0.214 e. The van der Waals surface area contributed by atoms with Gasteiger partial charge in [-0.15, -0.1) is 0 Å². The third-order valence-corrected chi connectivity index (χ3v) is 5.28. The highest BCUT2D eigenvalue weighted by atomic mass is 32.2. The highest BCUT2D eigenvalue weighted by molar-refractivity contribution is 7.89. The summed E-state index contributed by atoms with van der Waals surface area (Å²) in [5.41, 5.74) is 6.20. The van der Waals surface area contributed by atoms with Crippen molar-refractivity contribution in [1.29, 1.82) is 0 Å². The van der Waals surface area contributed by atoms with Crippen molar-refractivity contribution in [2.75, 3.05) is 12.3 Å². The Morgan fingerprint density at radius 1 is 1.42 bits per heavy atom. The molecule has 2 N–H and O–H groups in total. The Hall–Kier alpha value is -1.05. The van der Waals surface area contributed by atoms with E-state index in [-0.39, 0.29) is 17.3 Å². The summed E-state index contributed by atoms with van der Waals surface area (Å²) in [5, 5.41) is 0. The van der Waals surface area contributed by atoms with Crippen molar-refractivity contribution in [1.82, 2.24) is 4.31 Å². The molecule has 1 aromatic carbocycles. The summed E-state index contributed by atoms with van der Waals surface area (Å²) in [5.74, 6) is -0.342. The van der Waals surface area contributed by atoms with Crippen LogP contribution in [-0.2, 0) is 16.6 Å². The molecule has 0 aliphatic carbocycles. The van der Waals surface area contributed by atoms with Crippen LogP contribution in [0.3, 0.4) is 0 Å². The number of sulfonamides is 1. The van der Waals surface area contributed by atoms with Crippen LogP contribution in [-0.4, -0.2) is 30.0 Å². The van der Waals surface area contributed by atoms with E-state index in [2.05, 4.69) is 0 Å². The second kappa shape index (κ2) is 5.52. The highest BCUT2D eigenvalue weighted by Crippen LogP contribution is 2.19. The number of benzene rings is 1. The Morgan fingerprint density at radius 2 is 2.16 bits per heavy atom. The fraction of sp³-hybridized carbons (Fsp3) is 0.417. The summed E-state index contributed by atoms with van der Waals surface area (Å²) < 4.78 is 38.9. The first kappa shape index (κ1) is 14.4. The second-order valence-electron chi connectivity index (χ2n) is 4.53. The zero-order valence-corrected chi connectivity index (χ0v) is 11.9. The van der Waals surface area contributed by atoms with Gasteiger partial charge in [0.15, 0.2) is 0 Å². The van der Waals surface area contributed by atoms with E-state index in [9.17, 15) is 12.8 Å². The molecule has 1 saturated heterocycles. The van der Waals surface area contributed by atoms with Gasteiger partial charge in [-0.05, 0) is 18.9 Å². The van der Waals surface area contributed by atoms with Crippen LogP contribution in [0.25, 0.3) is 0 Å². The fourth-order valence-corrected chi connectivity index (χ4v) is 3.73. The van der Waals surface area contributed by atoms with Crippen molar-refractivity contribution >= 4 is 27.2 Å². The molecular formula is C12H15FN2O2S2. The molecule has 0 spiro atoms. The van der Waals surface area contributed by atoms with E-state index in [0.717, 1.165) is 6.42 Å². The van der Waals surface area contributed by atoms with Gasteiger partial charge in [-0.25, -0.2) is 12.8 Å². The molecule has 1 aliphatic rings. The van der Waals surface area contributed by atoms with Crippen LogP contribution in [0, 0.1) is 5.82 Å². The maximum Gasteiger partial charge on any atom is 0.214 e. The van der Waals surface area contributed by atoms with Gasteiger partial charge in [0.2, 0.25) is 10.0 Å². The maximum atomic E-state index is 13.9. The maximum absolute atomic E-state index is 13.9. The van der Waals surface area contributed by atoms with Crippen LogP contribution in [0.2, 0.25) is 0 Å². The Balaban J connectivity index is 2.21. The summed E-state index contributed by atoms with van der Waals surface area (Å²) in [6.07, 6.45) is 1.48. The molecule has 104 valence electrons. The minimum atomic E-state index is -3.25. The number of hydrogen-bond donors (Lipinski definition) is 1. The lowest BCUT2D eigenvalue weighted by Crippen LogP contribution is -2.37. The zero-order valence-electron chi connectivity index (χ0n) is 10.3. The molecule has 1 aliphatic heterocycles. The molecule has 1 fully saturated rings. The molecule has 1 aromatic rings. The topological polar surface area (TPSA) is 63.4 Å². The summed E-state index contributed by atoms with van der Waals surface area (Å²) in [6.45, 7) is 0.505. The molecule has 19 heavy (non-hydrogen) atoms. The number of nitrogens with two attached hydrogens (primary N) is 1. The summed E-state index contributed by atoms with van der Waals surface area (Å²) >= 11 is 4.77. The predicted octanol–water partition coefficient (Wildman–Crippen LogP) is 1.39. The fourth-order valence-electron chi connectivity index (χ4n) is 2.04. The molecule has 0 aromatic heterocycles. The lowest BCUT2D eigenvalue weighted by atomic mass is 10.1. The molecule has 0 atom stereocenters. The lowest BCUT2D eigenvalue weighted by Gasteiger charge is -2.26. The SMILES string of the molecule is NC(=S)c1ccc(CN2CCCCS2(=O)=O)c(F)c1. The van der Waals surface area contributed by atoms with E-state index in [1.165, 1.54) is 16.4 Å². The molecule has 0 bridgehead atoms. The summed E-state index contributed by atoms with van der Waals surface area (Å²) in [4.78, 5) is 0.121. The highest BCUT2D eigenvalue weighted by Gasteiger charge is 2.26. The van der Waals surface area contributed by atoms with Crippen LogP contribution >= 0.6 is 12.2 Å². The normalized spacial score (nSPS) is 19.2. The second-order valence-corrected chi connectivity index (χ2v) is 7.06. The lowest BCUT2D eigenvalue weighted by molar-refractivity contribution is 0.373. The monoisotopic (exact) mass is 302 g/mol. The van der Waals surface area contributed by atoms with E-state index in [1.807, 2.05) is 0 Å². The minimum absolute atomic E-state index is 0.0613. The quantitative estimate of drug-likeness (QED) is 0.857. The Kier molecular flexibility index (Phi) is 4.17. The molecule has 0 unspecified atom stereocenters. The van der Waals surface area contributed by atoms with E-state index in [1.54, 1.807) is 6.07 Å². The van der Waals surface area contributed by atoms with Gasteiger partial charge in [-0.1, -0.05) is 24.4 Å². The molecule has 1 heterocycles. The van der Waals surface area contributed by atoms with E-state index >= 15 is 0 Å². The summed E-state index contributed by atoms with van der Waals surface area (Å²) in [6, 6.07) is 4.39. The Labute approximate surface area is 117 Å². The van der Waals surface area contributed by atoms with E-state index in [0.29, 0.717) is 24.1 Å². The van der Waals surface area contributed by atoms with Crippen molar-refractivity contribution < 1.29 is 12.8 Å². The number of halogens is 1. The third-order valence-electron chi connectivity index (χ3n) is 3.14. The Morgan fingerprint density at radius 3 is 2.74 bits per heavy atom. The van der Waals surface area contributed by atoms with Crippen molar-refractivity contribution in [2.45, 2.75) is 19.4 Å². The van der Waals surface area contributed by atoms with Gasteiger partial charge in [-0.3, -0.25) is 0 Å². The molecule has 4 nitrogen and oxygen atoms in total. The van der Waals surface area contributed by atoms with Gasteiger partial charge in [0.1, 0.15) is 10.8 Å². The van der Waals surface area contributed by atoms with Gasteiger partial charge in [0.05, 0.1) is 5.75 Å². The first-order valence-corrected chi connectivity index (χ1v) is 7.98. The van der Waals surface area contributed by atoms with Crippen LogP contribution in [0.4, 0.5) is 4.39 Å². The van der Waals surface area contributed by atoms with Gasteiger partial charge >= 0.3 is 0 Å². The minimum Gasteiger partial charge on any atom is -0.389 e. The molecule has 7 heteroatoms. The van der Waals surface area contributed by atoms with Gasteiger partial charge in [0.25, 0.3) is 0 Å². The van der Waals surface area contributed by atoms with Crippen LogP contribution < -0.4 is 5.73 Å². The largest absolute Gasteiger partial charge is 0.389 e. The number of rotatable bonds is 3. The standard InChI is InChI=1S/C12H15FN2O2S2/c13-11-7-9(12(14)18)3-4-10(11)8-15-5-1-2-6-19(15,16)17/h3-4,7H,1-2,5-6,8H2,(H2,14,18). The van der Waals surface area contributed by atoms with Gasteiger partial charge in [-0.2, -0.15) is 4.31 Å². The van der Waals surface area contributed by atoms with Crippen molar-refractivity contribution in [2.24, 2.45) is 5.73 Å². The van der Waals surface area contributed by atoms with Gasteiger partial charge < -0.3 is 5.73 Å². The van der Waals surface area contributed by atoms with Crippen LogP contribution in [0.1, 0.15) is 24.0 Å². The first-order chi connectivity index (χ1) is 8.90. The molecule has 0 saturated carbocycles. The predicted molar refractivity (Wildman–Crippen MR) is 75.7 cm³/mol. The van der Waals surface area contributed by atoms with E-state index < -0.39 is 15.8 Å². The summed E-state index contributed by atoms with van der Waals surface area (Å²) in [7, 11) is -3.25. The van der Waals surface area contributed by atoms with E-state index in [4.69, 9.17) is 18.0 Å². The van der Waals surface area contributed by atoms with Crippen molar-refractivity contribution in [3.05, 3.63) is 35.1 Å². The Bertz CT molecular complexity index is 602. The molecule has 0 amide bonds. The molecular weight excluding hydrogens is 287 g/mol. The third kappa shape index (κ3) is 3.29.